The fraction of sp³-hybridized carbons (Fsp3) is 0.800. The minimum Gasteiger partial charge on any atom is -0.327 e. The van der Waals surface area contributed by atoms with Crippen molar-refractivity contribution in [2.24, 2.45) is 5.92 Å². The summed E-state index contributed by atoms with van der Waals surface area (Å²) in [5.74, 6) is -0.0399. The van der Waals surface area contributed by atoms with E-state index in [-0.39, 0.29) is 0 Å². The Morgan fingerprint density at radius 3 is 2.33 bits per heavy atom. The molecule has 0 aromatic rings. The van der Waals surface area contributed by atoms with Crippen molar-refractivity contribution >= 4 is 23.5 Å². The third-order valence-electron chi connectivity index (χ3n) is 2.22. The molecule has 2 unspecified atom stereocenters. The van der Waals surface area contributed by atoms with Crippen LogP contribution >= 0.6 is 11.6 Å². The molecule has 0 radical (unpaired) electrons. The van der Waals surface area contributed by atoms with Gasteiger partial charge in [0.05, 0.1) is 0 Å². The van der Waals surface area contributed by atoms with Crippen LogP contribution in [0.3, 0.4) is 0 Å². The summed E-state index contributed by atoms with van der Waals surface area (Å²) in [5.41, 5.74) is 0. The van der Waals surface area contributed by atoms with Crippen LogP contribution in [0.2, 0.25) is 0 Å². The first-order valence-corrected chi connectivity index (χ1v) is 5.52. The number of alkyl halides is 1. The smallest absolute Gasteiger partial charge is 0.323 e. The molecule has 0 aliphatic carbocycles. The zero-order valence-electron chi connectivity index (χ0n) is 9.71. The summed E-state index contributed by atoms with van der Waals surface area (Å²) < 4.78 is 0. The predicted molar refractivity (Wildman–Crippen MR) is 60.9 cm³/mol. The maximum atomic E-state index is 11.4. The number of amides is 3. The highest BCUT2D eigenvalue weighted by atomic mass is 35.5. The van der Waals surface area contributed by atoms with Crippen molar-refractivity contribution < 1.29 is 9.59 Å². The Morgan fingerprint density at radius 1 is 1.40 bits per heavy atom. The highest BCUT2D eigenvalue weighted by Gasteiger charge is 2.16. The summed E-state index contributed by atoms with van der Waals surface area (Å²) in [4.78, 5) is 24.1. The minimum absolute atomic E-state index is 0.396. The SMILES string of the molecule is CCC(C)CN(C)C(=O)NC(=O)C(C)Cl. The third-order valence-corrected chi connectivity index (χ3v) is 2.42. The third kappa shape index (κ3) is 5.62. The van der Waals surface area contributed by atoms with Gasteiger partial charge in [-0.25, -0.2) is 4.79 Å². The molecule has 88 valence electrons. The van der Waals surface area contributed by atoms with Gasteiger partial charge in [-0.2, -0.15) is 0 Å². The van der Waals surface area contributed by atoms with Crippen molar-refractivity contribution in [1.82, 2.24) is 10.2 Å². The number of hydrogen-bond acceptors (Lipinski definition) is 2. The maximum Gasteiger partial charge on any atom is 0.323 e. The Kier molecular flexibility index (Phi) is 6.32. The van der Waals surface area contributed by atoms with Crippen LogP contribution in [0.15, 0.2) is 0 Å². The Hall–Kier alpha value is -0.770. The second-order valence-electron chi connectivity index (χ2n) is 3.80. The van der Waals surface area contributed by atoms with Crippen LogP contribution in [-0.4, -0.2) is 35.8 Å². The van der Waals surface area contributed by atoms with Gasteiger partial charge in [-0.05, 0) is 12.8 Å². The van der Waals surface area contributed by atoms with Crippen LogP contribution in [0, 0.1) is 5.92 Å². The van der Waals surface area contributed by atoms with E-state index in [0.717, 1.165) is 6.42 Å². The van der Waals surface area contributed by atoms with Gasteiger partial charge in [0.2, 0.25) is 5.91 Å². The van der Waals surface area contributed by atoms with Crippen molar-refractivity contribution in [1.29, 1.82) is 0 Å². The molecule has 15 heavy (non-hydrogen) atoms. The highest BCUT2D eigenvalue weighted by Crippen LogP contribution is 2.02. The normalized spacial score (nSPS) is 14.2. The number of urea groups is 1. The molecule has 0 bridgehead atoms. The van der Waals surface area contributed by atoms with E-state index in [2.05, 4.69) is 19.2 Å². The summed E-state index contributed by atoms with van der Waals surface area (Å²) in [5, 5.41) is 1.54. The van der Waals surface area contributed by atoms with Crippen molar-refractivity contribution in [3.8, 4) is 0 Å². The van der Waals surface area contributed by atoms with Crippen LogP contribution in [0.1, 0.15) is 27.2 Å². The van der Waals surface area contributed by atoms with Gasteiger partial charge in [0.15, 0.2) is 0 Å². The lowest BCUT2D eigenvalue weighted by Gasteiger charge is -2.20. The Balaban J connectivity index is 4.05. The van der Waals surface area contributed by atoms with E-state index in [9.17, 15) is 9.59 Å². The fourth-order valence-electron chi connectivity index (χ4n) is 0.980. The molecular formula is C10H19ClN2O2. The first-order chi connectivity index (χ1) is 6.88. The summed E-state index contributed by atoms with van der Waals surface area (Å²) in [7, 11) is 1.66. The molecule has 2 atom stereocenters. The first-order valence-electron chi connectivity index (χ1n) is 5.08. The van der Waals surface area contributed by atoms with Gasteiger partial charge in [-0.15, -0.1) is 11.6 Å². The second kappa shape index (κ2) is 6.67. The molecule has 0 saturated heterocycles. The van der Waals surface area contributed by atoms with E-state index < -0.39 is 17.3 Å². The van der Waals surface area contributed by atoms with E-state index >= 15 is 0 Å². The zero-order valence-corrected chi connectivity index (χ0v) is 10.5. The number of nitrogens with one attached hydrogen (secondary N) is 1. The predicted octanol–water partition coefficient (Wildman–Crippen LogP) is 1.83. The monoisotopic (exact) mass is 234 g/mol. The molecule has 0 fully saturated rings. The molecule has 3 amide bonds. The molecule has 0 aliphatic rings. The lowest BCUT2D eigenvalue weighted by atomic mass is 10.1. The van der Waals surface area contributed by atoms with Crippen LogP contribution in [0.4, 0.5) is 4.79 Å². The van der Waals surface area contributed by atoms with Crippen LogP contribution in [0.5, 0.6) is 0 Å². The Morgan fingerprint density at radius 2 is 1.93 bits per heavy atom. The molecule has 0 saturated carbocycles. The number of carbonyl (C=O) groups excluding carboxylic acids is 2. The number of carbonyl (C=O) groups is 2. The van der Waals surface area contributed by atoms with Crippen molar-refractivity contribution in [3.63, 3.8) is 0 Å². The van der Waals surface area contributed by atoms with Gasteiger partial charge in [-0.3, -0.25) is 10.1 Å². The van der Waals surface area contributed by atoms with Crippen LogP contribution < -0.4 is 5.32 Å². The quantitative estimate of drug-likeness (QED) is 0.755. The molecule has 0 aromatic heterocycles. The van der Waals surface area contributed by atoms with Gasteiger partial charge in [0.25, 0.3) is 0 Å². The number of nitrogens with zero attached hydrogens (tertiary/aromatic N) is 1. The van der Waals surface area contributed by atoms with Gasteiger partial charge in [-0.1, -0.05) is 20.3 Å². The molecule has 0 rings (SSSR count). The molecule has 4 nitrogen and oxygen atoms in total. The van der Waals surface area contributed by atoms with Crippen LogP contribution in [0.25, 0.3) is 0 Å². The number of hydrogen-bond donors (Lipinski definition) is 1. The maximum absolute atomic E-state index is 11.4. The molecule has 1 N–H and O–H groups in total. The lowest BCUT2D eigenvalue weighted by molar-refractivity contribution is -0.119. The average molecular weight is 235 g/mol. The molecule has 0 spiro atoms. The van der Waals surface area contributed by atoms with Gasteiger partial charge in [0.1, 0.15) is 5.38 Å². The molecule has 0 aliphatic heterocycles. The number of halogens is 1. The van der Waals surface area contributed by atoms with E-state index in [1.165, 1.54) is 11.8 Å². The molecular weight excluding hydrogens is 216 g/mol. The Bertz CT molecular complexity index is 231. The summed E-state index contributed by atoms with van der Waals surface area (Å²) in [6, 6.07) is -0.396. The second-order valence-corrected chi connectivity index (χ2v) is 4.46. The van der Waals surface area contributed by atoms with Crippen molar-refractivity contribution in [3.05, 3.63) is 0 Å². The lowest BCUT2D eigenvalue weighted by Crippen LogP contribution is -2.44. The topological polar surface area (TPSA) is 49.4 Å². The largest absolute Gasteiger partial charge is 0.327 e. The van der Waals surface area contributed by atoms with Crippen molar-refractivity contribution in [2.45, 2.75) is 32.6 Å². The van der Waals surface area contributed by atoms with E-state index in [1.807, 2.05) is 0 Å². The number of rotatable bonds is 4. The van der Waals surface area contributed by atoms with Gasteiger partial charge < -0.3 is 4.90 Å². The highest BCUT2D eigenvalue weighted by molar-refractivity contribution is 6.31. The Labute approximate surface area is 96.0 Å². The summed E-state index contributed by atoms with van der Waals surface area (Å²) in [6.07, 6.45) is 0.997. The average Bonchev–Trinajstić information content (AvgIpc) is 2.16. The summed E-state index contributed by atoms with van der Waals surface area (Å²) >= 11 is 5.53. The zero-order chi connectivity index (χ0) is 12.0. The summed E-state index contributed by atoms with van der Waals surface area (Å²) in [6.45, 7) is 6.27. The first kappa shape index (κ1) is 14.2. The number of imide groups is 1. The van der Waals surface area contributed by atoms with Gasteiger partial charge in [0, 0.05) is 13.6 Å². The standard InChI is InChI=1S/C10H19ClN2O2/c1-5-7(2)6-13(4)10(15)12-9(14)8(3)11/h7-8H,5-6H2,1-4H3,(H,12,14,15). The molecule has 5 heteroatoms. The van der Waals surface area contributed by atoms with E-state index in [1.54, 1.807) is 7.05 Å². The fourth-order valence-corrected chi connectivity index (χ4v) is 1.03. The van der Waals surface area contributed by atoms with Crippen LogP contribution in [-0.2, 0) is 4.79 Å². The minimum atomic E-state index is -0.689. The van der Waals surface area contributed by atoms with Crippen molar-refractivity contribution in [2.75, 3.05) is 13.6 Å². The molecule has 0 heterocycles. The van der Waals surface area contributed by atoms with Gasteiger partial charge >= 0.3 is 6.03 Å². The molecule has 0 aromatic carbocycles. The van der Waals surface area contributed by atoms with E-state index in [0.29, 0.717) is 12.5 Å². The van der Waals surface area contributed by atoms with E-state index in [4.69, 9.17) is 11.6 Å².